The normalized spacial score (nSPS) is 11.5. The second-order valence-electron chi connectivity index (χ2n) is 6.62. The van der Waals surface area contributed by atoms with E-state index in [9.17, 15) is 9.59 Å². The van der Waals surface area contributed by atoms with Gasteiger partial charge in [-0.05, 0) is 5.56 Å². The maximum Gasteiger partial charge on any atom is 0.347 e. The van der Waals surface area contributed by atoms with E-state index in [4.69, 9.17) is 4.74 Å². The predicted octanol–water partition coefficient (Wildman–Crippen LogP) is 0.674. The van der Waals surface area contributed by atoms with Crippen molar-refractivity contribution in [3.05, 3.63) is 56.7 Å². The molecule has 0 aliphatic carbocycles. The van der Waals surface area contributed by atoms with Crippen molar-refractivity contribution in [1.29, 1.82) is 0 Å². The monoisotopic (exact) mass is 332 g/mol. The third-order valence-electron chi connectivity index (χ3n) is 3.67. The predicted molar refractivity (Wildman–Crippen MR) is 92.1 cm³/mol. The summed E-state index contributed by atoms with van der Waals surface area (Å²) in [6.45, 7) is 5.88. The molecule has 1 heterocycles. The van der Waals surface area contributed by atoms with Gasteiger partial charge in [0.2, 0.25) is 0 Å². The van der Waals surface area contributed by atoms with Gasteiger partial charge in [-0.25, -0.2) is 9.48 Å². The van der Waals surface area contributed by atoms with E-state index in [1.54, 1.807) is 0 Å². The number of aromatic nitrogens is 3. The van der Waals surface area contributed by atoms with Gasteiger partial charge < -0.3 is 10.1 Å². The Hall–Kier alpha value is -2.41. The Labute approximate surface area is 140 Å². The second-order valence-corrected chi connectivity index (χ2v) is 6.62. The molecule has 7 heteroatoms. The lowest BCUT2D eigenvalue weighted by Gasteiger charge is -2.24. The first-order valence-electron chi connectivity index (χ1n) is 7.82. The first-order valence-corrected chi connectivity index (χ1v) is 7.82. The van der Waals surface area contributed by atoms with Gasteiger partial charge in [-0.15, -0.1) is 5.10 Å². The van der Waals surface area contributed by atoms with Crippen molar-refractivity contribution in [2.75, 3.05) is 13.2 Å². The molecule has 0 saturated heterocycles. The van der Waals surface area contributed by atoms with Crippen LogP contribution in [0, 0.1) is 5.41 Å². The quantitative estimate of drug-likeness (QED) is 0.806. The first-order chi connectivity index (χ1) is 11.3. The van der Waals surface area contributed by atoms with Crippen molar-refractivity contribution >= 4 is 0 Å². The Balaban J connectivity index is 1.93. The molecule has 0 fully saturated rings. The molecule has 0 amide bonds. The van der Waals surface area contributed by atoms with Crippen LogP contribution in [0.4, 0.5) is 0 Å². The molecule has 1 N–H and O–H groups in total. The van der Waals surface area contributed by atoms with Gasteiger partial charge >= 0.3 is 11.2 Å². The summed E-state index contributed by atoms with van der Waals surface area (Å²) < 4.78 is 7.66. The van der Waals surface area contributed by atoms with Crippen LogP contribution in [0.3, 0.4) is 0 Å². The molecular formula is C17H24N4O3. The Bertz CT molecular complexity index is 794. The third-order valence-corrected chi connectivity index (χ3v) is 3.67. The number of nitrogens with one attached hydrogen (secondary N) is 1. The number of nitrogens with zero attached hydrogens (tertiary/aromatic N) is 3. The van der Waals surface area contributed by atoms with Crippen molar-refractivity contribution in [3.63, 3.8) is 0 Å². The SMILES string of the molecule is Cn1nc(OCC(C)(C)CNCc2ccccc2)c(=O)n(C)c1=O. The van der Waals surface area contributed by atoms with Crippen LogP contribution in [0.15, 0.2) is 39.9 Å². The fourth-order valence-electron chi connectivity index (χ4n) is 2.22. The maximum absolute atomic E-state index is 12.0. The zero-order valence-electron chi connectivity index (χ0n) is 14.6. The lowest BCUT2D eigenvalue weighted by Crippen LogP contribution is -2.40. The minimum absolute atomic E-state index is 0.0595. The van der Waals surface area contributed by atoms with Crippen LogP contribution in [0.1, 0.15) is 19.4 Å². The molecule has 0 unspecified atom stereocenters. The standard InChI is InChI=1S/C17H24N4O3/c1-17(2,11-18-10-13-8-6-5-7-9-13)12-24-14-15(22)20(3)16(23)21(4)19-14/h5-9,18H,10-12H2,1-4H3. The summed E-state index contributed by atoms with van der Waals surface area (Å²) in [5.41, 5.74) is 0.0148. The average Bonchev–Trinajstić information content (AvgIpc) is 2.56. The van der Waals surface area contributed by atoms with Crippen LogP contribution < -0.4 is 21.3 Å². The van der Waals surface area contributed by atoms with E-state index in [1.165, 1.54) is 19.7 Å². The highest BCUT2D eigenvalue weighted by Gasteiger charge is 2.20. The molecule has 0 radical (unpaired) electrons. The zero-order valence-corrected chi connectivity index (χ0v) is 14.6. The van der Waals surface area contributed by atoms with Crippen LogP contribution in [0.25, 0.3) is 0 Å². The number of rotatable bonds is 7. The van der Waals surface area contributed by atoms with Crippen LogP contribution in [-0.4, -0.2) is 27.5 Å². The number of aryl methyl sites for hydroxylation is 1. The Morgan fingerprint density at radius 2 is 1.83 bits per heavy atom. The molecule has 2 aromatic rings. The topological polar surface area (TPSA) is 78.2 Å². The third kappa shape index (κ3) is 4.55. The van der Waals surface area contributed by atoms with Crippen molar-refractivity contribution in [2.24, 2.45) is 19.5 Å². The summed E-state index contributed by atoms with van der Waals surface area (Å²) in [6.07, 6.45) is 0. The van der Waals surface area contributed by atoms with Crippen molar-refractivity contribution in [1.82, 2.24) is 19.7 Å². The number of benzene rings is 1. The lowest BCUT2D eigenvalue weighted by atomic mass is 9.95. The molecule has 7 nitrogen and oxygen atoms in total. The highest BCUT2D eigenvalue weighted by molar-refractivity contribution is 5.14. The fourth-order valence-corrected chi connectivity index (χ4v) is 2.22. The van der Waals surface area contributed by atoms with Gasteiger partial charge in [-0.3, -0.25) is 9.36 Å². The lowest BCUT2D eigenvalue weighted by molar-refractivity contribution is 0.164. The fraction of sp³-hybridized carbons (Fsp3) is 0.471. The van der Waals surface area contributed by atoms with Crippen molar-refractivity contribution in [2.45, 2.75) is 20.4 Å². The summed E-state index contributed by atoms with van der Waals surface area (Å²) >= 11 is 0. The summed E-state index contributed by atoms with van der Waals surface area (Å²) in [5, 5.41) is 7.28. The van der Waals surface area contributed by atoms with Gasteiger partial charge in [-0.1, -0.05) is 44.2 Å². The van der Waals surface area contributed by atoms with E-state index in [0.717, 1.165) is 15.8 Å². The molecule has 0 bridgehead atoms. The average molecular weight is 332 g/mol. The molecule has 0 aliphatic rings. The minimum Gasteiger partial charge on any atom is -0.472 e. The van der Waals surface area contributed by atoms with E-state index in [0.29, 0.717) is 13.2 Å². The van der Waals surface area contributed by atoms with E-state index < -0.39 is 11.2 Å². The highest BCUT2D eigenvalue weighted by atomic mass is 16.5. The largest absolute Gasteiger partial charge is 0.472 e. The summed E-state index contributed by atoms with van der Waals surface area (Å²) in [4.78, 5) is 23.6. The molecule has 0 atom stereocenters. The molecule has 0 aliphatic heterocycles. The van der Waals surface area contributed by atoms with E-state index >= 15 is 0 Å². The smallest absolute Gasteiger partial charge is 0.347 e. The van der Waals surface area contributed by atoms with Crippen LogP contribution >= 0.6 is 0 Å². The molecular weight excluding hydrogens is 308 g/mol. The van der Waals surface area contributed by atoms with E-state index in [1.807, 2.05) is 32.0 Å². The first kappa shape index (κ1) is 17.9. The van der Waals surface area contributed by atoms with Crippen molar-refractivity contribution in [3.8, 4) is 5.88 Å². The summed E-state index contributed by atoms with van der Waals surface area (Å²) in [5.74, 6) is -0.0595. The second kappa shape index (κ2) is 7.44. The minimum atomic E-state index is -0.522. The molecule has 0 saturated carbocycles. The molecule has 1 aromatic carbocycles. The zero-order chi connectivity index (χ0) is 17.7. The van der Waals surface area contributed by atoms with Gasteiger partial charge in [0.05, 0.1) is 6.61 Å². The van der Waals surface area contributed by atoms with Gasteiger partial charge in [0.25, 0.3) is 5.88 Å². The van der Waals surface area contributed by atoms with E-state index in [-0.39, 0.29) is 11.3 Å². The Kier molecular flexibility index (Phi) is 5.56. The van der Waals surface area contributed by atoms with Crippen LogP contribution in [0.5, 0.6) is 5.88 Å². The molecule has 0 spiro atoms. The van der Waals surface area contributed by atoms with Gasteiger partial charge in [0.1, 0.15) is 0 Å². The highest BCUT2D eigenvalue weighted by Crippen LogP contribution is 2.15. The Morgan fingerprint density at radius 3 is 2.50 bits per heavy atom. The number of hydrogen-bond donors (Lipinski definition) is 1. The Morgan fingerprint density at radius 1 is 1.17 bits per heavy atom. The molecule has 2 rings (SSSR count). The number of ether oxygens (including phenoxy) is 1. The van der Waals surface area contributed by atoms with Crippen LogP contribution in [-0.2, 0) is 20.6 Å². The molecule has 1 aromatic heterocycles. The molecule has 24 heavy (non-hydrogen) atoms. The number of hydrogen-bond acceptors (Lipinski definition) is 5. The van der Waals surface area contributed by atoms with Gasteiger partial charge in [-0.2, -0.15) is 0 Å². The van der Waals surface area contributed by atoms with E-state index in [2.05, 4.69) is 22.5 Å². The van der Waals surface area contributed by atoms with Crippen LogP contribution in [0.2, 0.25) is 0 Å². The summed E-state index contributed by atoms with van der Waals surface area (Å²) in [7, 11) is 2.90. The van der Waals surface area contributed by atoms with Crippen molar-refractivity contribution < 1.29 is 4.74 Å². The molecule has 130 valence electrons. The van der Waals surface area contributed by atoms with Gasteiger partial charge in [0.15, 0.2) is 0 Å². The maximum atomic E-state index is 12.0. The summed E-state index contributed by atoms with van der Waals surface area (Å²) in [6, 6.07) is 10.1. The van der Waals surface area contributed by atoms with Gasteiger partial charge in [0, 0.05) is 32.6 Å².